The van der Waals surface area contributed by atoms with Crippen molar-refractivity contribution in [3.63, 3.8) is 0 Å². The van der Waals surface area contributed by atoms with Gasteiger partial charge in [-0.05, 0) is 30.2 Å². The molecule has 1 rings (SSSR count). The smallest absolute Gasteiger partial charge is 0.0259 e. The number of hydrazine groups is 1. The molecule has 0 fully saturated rings. The van der Waals surface area contributed by atoms with Gasteiger partial charge in [0.25, 0.3) is 0 Å². The van der Waals surface area contributed by atoms with E-state index < -0.39 is 0 Å². The van der Waals surface area contributed by atoms with Gasteiger partial charge in [0.05, 0.1) is 0 Å². The molecule has 1 unspecified atom stereocenters. The zero-order valence-electron chi connectivity index (χ0n) is 10.7. The molecule has 0 aromatic heterocycles. The van der Waals surface area contributed by atoms with E-state index in [1.54, 1.807) is 0 Å². The number of hydrogen-bond acceptors (Lipinski definition) is 2. The molecule has 0 heterocycles. The first-order chi connectivity index (χ1) is 7.54. The van der Waals surface area contributed by atoms with E-state index in [9.17, 15) is 0 Å². The van der Waals surface area contributed by atoms with E-state index in [2.05, 4.69) is 56.5 Å². The van der Waals surface area contributed by atoms with Crippen LogP contribution in [0.25, 0.3) is 0 Å². The maximum atomic E-state index is 5.59. The fourth-order valence-corrected chi connectivity index (χ4v) is 1.92. The Morgan fingerprint density at radius 1 is 1.19 bits per heavy atom. The van der Waals surface area contributed by atoms with Crippen molar-refractivity contribution in [1.82, 2.24) is 5.43 Å². The SMILES string of the molecule is CC(C)(C)C(CCCc1ccccc1)NN. The summed E-state index contributed by atoms with van der Waals surface area (Å²) in [5.74, 6) is 5.59. The van der Waals surface area contributed by atoms with Crippen LogP contribution < -0.4 is 11.3 Å². The Hall–Kier alpha value is -0.860. The Bertz CT molecular complexity index is 287. The molecule has 0 aliphatic rings. The van der Waals surface area contributed by atoms with Crippen LogP contribution >= 0.6 is 0 Å². The van der Waals surface area contributed by atoms with Crippen molar-refractivity contribution in [2.45, 2.75) is 46.1 Å². The van der Waals surface area contributed by atoms with E-state index in [4.69, 9.17) is 5.84 Å². The fraction of sp³-hybridized carbons (Fsp3) is 0.571. The second-order valence-corrected chi connectivity index (χ2v) is 5.46. The lowest BCUT2D eigenvalue weighted by Gasteiger charge is -2.30. The van der Waals surface area contributed by atoms with E-state index in [-0.39, 0.29) is 5.41 Å². The van der Waals surface area contributed by atoms with E-state index >= 15 is 0 Å². The van der Waals surface area contributed by atoms with Crippen LogP contribution in [0.3, 0.4) is 0 Å². The van der Waals surface area contributed by atoms with Gasteiger partial charge < -0.3 is 0 Å². The van der Waals surface area contributed by atoms with Gasteiger partial charge in [-0.3, -0.25) is 11.3 Å². The second-order valence-electron chi connectivity index (χ2n) is 5.46. The topological polar surface area (TPSA) is 38.0 Å². The largest absolute Gasteiger partial charge is 0.271 e. The zero-order valence-corrected chi connectivity index (χ0v) is 10.7. The third-order valence-corrected chi connectivity index (χ3v) is 3.05. The molecule has 0 saturated heterocycles. The van der Waals surface area contributed by atoms with E-state index in [1.807, 2.05) is 0 Å². The number of rotatable bonds is 5. The first-order valence-corrected chi connectivity index (χ1v) is 6.04. The fourth-order valence-electron chi connectivity index (χ4n) is 1.92. The number of hydrogen-bond donors (Lipinski definition) is 2. The molecule has 3 N–H and O–H groups in total. The number of nitrogens with two attached hydrogens (primary N) is 1. The molecule has 90 valence electrons. The summed E-state index contributed by atoms with van der Waals surface area (Å²) in [6, 6.07) is 11.0. The quantitative estimate of drug-likeness (QED) is 0.591. The van der Waals surface area contributed by atoms with Crippen LogP contribution in [0.1, 0.15) is 39.2 Å². The highest BCUT2D eigenvalue weighted by Gasteiger charge is 2.22. The van der Waals surface area contributed by atoms with Gasteiger partial charge in [-0.1, -0.05) is 51.1 Å². The maximum absolute atomic E-state index is 5.59. The highest BCUT2D eigenvalue weighted by Crippen LogP contribution is 2.22. The summed E-state index contributed by atoms with van der Waals surface area (Å²) in [5.41, 5.74) is 4.57. The van der Waals surface area contributed by atoms with Crippen molar-refractivity contribution in [2.75, 3.05) is 0 Å². The predicted molar refractivity (Wildman–Crippen MR) is 69.9 cm³/mol. The molecule has 1 atom stereocenters. The molecule has 0 spiro atoms. The molecule has 1 aromatic rings. The molecule has 0 bridgehead atoms. The molecule has 16 heavy (non-hydrogen) atoms. The Morgan fingerprint density at radius 2 is 1.81 bits per heavy atom. The molecular weight excluding hydrogens is 196 g/mol. The Morgan fingerprint density at radius 3 is 2.31 bits per heavy atom. The van der Waals surface area contributed by atoms with Crippen LogP contribution in [0.15, 0.2) is 30.3 Å². The van der Waals surface area contributed by atoms with Crippen LogP contribution in [0.2, 0.25) is 0 Å². The van der Waals surface area contributed by atoms with Crippen molar-refractivity contribution in [3.05, 3.63) is 35.9 Å². The third-order valence-electron chi connectivity index (χ3n) is 3.05. The Labute approximate surface area is 99.2 Å². The van der Waals surface area contributed by atoms with Crippen LogP contribution in [0.4, 0.5) is 0 Å². The lowest BCUT2D eigenvalue weighted by Crippen LogP contribution is -2.44. The molecule has 1 aromatic carbocycles. The third kappa shape index (κ3) is 4.33. The molecule has 0 radical (unpaired) electrons. The van der Waals surface area contributed by atoms with E-state index in [0.29, 0.717) is 6.04 Å². The van der Waals surface area contributed by atoms with E-state index in [0.717, 1.165) is 12.8 Å². The Kier molecular flexibility index (Phi) is 4.97. The van der Waals surface area contributed by atoms with Crippen LogP contribution in [0, 0.1) is 5.41 Å². The molecule has 2 heteroatoms. The molecule has 0 amide bonds. The molecule has 0 aliphatic heterocycles. The van der Waals surface area contributed by atoms with Crippen LogP contribution in [0.5, 0.6) is 0 Å². The highest BCUT2D eigenvalue weighted by molar-refractivity contribution is 5.14. The van der Waals surface area contributed by atoms with Crippen molar-refractivity contribution in [1.29, 1.82) is 0 Å². The molecule has 0 saturated carbocycles. The summed E-state index contributed by atoms with van der Waals surface area (Å²) in [6.45, 7) is 6.67. The molecule has 2 nitrogen and oxygen atoms in total. The average Bonchev–Trinajstić information content (AvgIpc) is 2.24. The van der Waals surface area contributed by atoms with Gasteiger partial charge in [0.15, 0.2) is 0 Å². The van der Waals surface area contributed by atoms with E-state index in [1.165, 1.54) is 12.0 Å². The first kappa shape index (κ1) is 13.2. The summed E-state index contributed by atoms with van der Waals surface area (Å²) in [4.78, 5) is 0. The van der Waals surface area contributed by atoms with Gasteiger partial charge in [-0.2, -0.15) is 0 Å². The lowest BCUT2D eigenvalue weighted by molar-refractivity contribution is 0.253. The van der Waals surface area contributed by atoms with Gasteiger partial charge >= 0.3 is 0 Å². The number of aryl methyl sites for hydroxylation is 1. The summed E-state index contributed by atoms with van der Waals surface area (Å²) in [5, 5.41) is 0. The zero-order chi connectivity index (χ0) is 12.0. The van der Waals surface area contributed by atoms with Gasteiger partial charge in [0.2, 0.25) is 0 Å². The van der Waals surface area contributed by atoms with Crippen molar-refractivity contribution in [2.24, 2.45) is 11.3 Å². The monoisotopic (exact) mass is 220 g/mol. The van der Waals surface area contributed by atoms with Gasteiger partial charge in [0, 0.05) is 6.04 Å². The summed E-state index contributed by atoms with van der Waals surface area (Å²) < 4.78 is 0. The van der Waals surface area contributed by atoms with Gasteiger partial charge in [-0.15, -0.1) is 0 Å². The minimum absolute atomic E-state index is 0.228. The van der Waals surface area contributed by atoms with Crippen LogP contribution in [-0.4, -0.2) is 6.04 Å². The molecular formula is C14H24N2. The van der Waals surface area contributed by atoms with Crippen molar-refractivity contribution >= 4 is 0 Å². The normalized spacial score (nSPS) is 13.8. The summed E-state index contributed by atoms with van der Waals surface area (Å²) >= 11 is 0. The summed E-state index contributed by atoms with van der Waals surface area (Å²) in [7, 11) is 0. The highest BCUT2D eigenvalue weighted by atomic mass is 15.2. The predicted octanol–water partition coefficient (Wildman–Crippen LogP) is 2.89. The first-order valence-electron chi connectivity index (χ1n) is 6.04. The standard InChI is InChI=1S/C14H24N2/c1-14(2,3)13(16-15)11-7-10-12-8-5-4-6-9-12/h4-6,8-9,13,16H,7,10-11,15H2,1-3H3. The minimum Gasteiger partial charge on any atom is -0.271 e. The van der Waals surface area contributed by atoms with Crippen molar-refractivity contribution < 1.29 is 0 Å². The maximum Gasteiger partial charge on any atom is 0.0259 e. The minimum atomic E-state index is 0.228. The lowest BCUT2D eigenvalue weighted by atomic mass is 9.84. The van der Waals surface area contributed by atoms with Crippen LogP contribution in [-0.2, 0) is 6.42 Å². The number of nitrogens with one attached hydrogen (secondary N) is 1. The van der Waals surface area contributed by atoms with Gasteiger partial charge in [0.1, 0.15) is 0 Å². The summed E-state index contributed by atoms with van der Waals surface area (Å²) in [6.07, 6.45) is 3.43. The van der Waals surface area contributed by atoms with Gasteiger partial charge in [-0.25, -0.2) is 0 Å². The second kappa shape index (κ2) is 6.02. The van der Waals surface area contributed by atoms with Crippen molar-refractivity contribution in [3.8, 4) is 0 Å². The average molecular weight is 220 g/mol. The Balaban J connectivity index is 2.35. The molecule has 0 aliphatic carbocycles. The number of benzene rings is 1.